The number of benzene rings is 2. The number of hydrogen-bond acceptors (Lipinski definition) is 2. The third kappa shape index (κ3) is 1.61. The molecule has 22 heavy (non-hydrogen) atoms. The van der Waals surface area contributed by atoms with Crippen molar-refractivity contribution in [3.63, 3.8) is 0 Å². The third-order valence-corrected chi connectivity index (χ3v) is 4.99. The van der Waals surface area contributed by atoms with Gasteiger partial charge in [0, 0.05) is 30.0 Å². The van der Waals surface area contributed by atoms with Gasteiger partial charge in [-0.2, -0.15) is 0 Å². The highest BCUT2D eigenvalue weighted by Crippen LogP contribution is 2.51. The van der Waals surface area contributed by atoms with Crippen LogP contribution >= 0.6 is 0 Å². The Morgan fingerprint density at radius 1 is 0.864 bits per heavy atom. The first-order valence-electron chi connectivity index (χ1n) is 8.39. The van der Waals surface area contributed by atoms with Crippen LogP contribution < -0.4 is 9.80 Å². The molecule has 0 aromatic heterocycles. The summed E-state index contributed by atoms with van der Waals surface area (Å²) in [4.78, 5) is 4.71. The van der Waals surface area contributed by atoms with Gasteiger partial charge >= 0.3 is 0 Å². The van der Waals surface area contributed by atoms with Gasteiger partial charge < -0.3 is 9.80 Å². The van der Waals surface area contributed by atoms with E-state index >= 15 is 0 Å². The number of hydrogen-bond donors (Lipinski definition) is 0. The molecule has 112 valence electrons. The average Bonchev–Trinajstić information content (AvgIpc) is 2.93. The molecule has 2 heterocycles. The summed E-state index contributed by atoms with van der Waals surface area (Å²) in [6.45, 7) is 8.54. The second-order valence-electron chi connectivity index (χ2n) is 6.23. The molecule has 2 nitrogen and oxygen atoms in total. The van der Waals surface area contributed by atoms with Gasteiger partial charge in [-0.15, -0.1) is 0 Å². The minimum absolute atomic E-state index is 0.180. The van der Waals surface area contributed by atoms with Crippen LogP contribution in [-0.2, 0) is 0 Å². The van der Waals surface area contributed by atoms with Crippen LogP contribution in [0.1, 0.15) is 39.2 Å². The average molecular weight is 291 g/mol. The van der Waals surface area contributed by atoms with Gasteiger partial charge in [-0.25, -0.2) is 0 Å². The Morgan fingerprint density at radius 2 is 1.50 bits per heavy atom. The maximum atomic E-state index is 9.00. The van der Waals surface area contributed by atoms with Crippen LogP contribution in [0.2, 0.25) is 0 Å². The van der Waals surface area contributed by atoms with E-state index in [2.05, 4.69) is 73.0 Å². The number of nitrogens with zero attached hydrogens (tertiary/aromatic N) is 2. The predicted molar refractivity (Wildman–Crippen MR) is 93.2 cm³/mol. The van der Waals surface area contributed by atoms with Crippen molar-refractivity contribution in [2.45, 2.75) is 39.8 Å². The lowest BCUT2D eigenvalue weighted by atomic mass is 10.00. The first-order valence-corrected chi connectivity index (χ1v) is 7.89. The van der Waals surface area contributed by atoms with E-state index in [4.69, 9.17) is 1.37 Å². The van der Waals surface area contributed by atoms with Gasteiger partial charge in [0.2, 0.25) is 0 Å². The summed E-state index contributed by atoms with van der Waals surface area (Å²) in [6.07, 6.45) is 0.180. The summed E-state index contributed by atoms with van der Waals surface area (Å²) in [5, 5.41) is 0. The molecule has 2 heteroatoms. The molecular formula is C20H22N2. The van der Waals surface area contributed by atoms with Crippen LogP contribution in [0.5, 0.6) is 0 Å². The van der Waals surface area contributed by atoms with Crippen LogP contribution in [0, 0.1) is 6.92 Å². The maximum Gasteiger partial charge on any atom is 0.108 e. The molecule has 4 rings (SSSR count). The van der Waals surface area contributed by atoms with Gasteiger partial charge in [-0.3, -0.25) is 0 Å². The SMILES string of the molecule is [2H]C1(C)C2=C(C)N(c3ccccc3C)C(C)N2c2ccccc21. The zero-order chi connectivity index (χ0) is 16.4. The molecule has 0 aliphatic carbocycles. The molecule has 0 amide bonds. The van der Waals surface area contributed by atoms with Crippen LogP contribution in [0.3, 0.4) is 0 Å². The normalized spacial score (nSPS) is 27.1. The molecule has 2 aromatic carbocycles. The van der Waals surface area contributed by atoms with Crippen molar-refractivity contribution < 1.29 is 1.37 Å². The van der Waals surface area contributed by atoms with Crippen molar-refractivity contribution in [1.29, 1.82) is 0 Å². The molecule has 2 aromatic rings. The highest BCUT2D eigenvalue weighted by Gasteiger charge is 2.43. The van der Waals surface area contributed by atoms with Crippen molar-refractivity contribution in [3.8, 4) is 0 Å². The summed E-state index contributed by atoms with van der Waals surface area (Å²) in [5.74, 6) is -0.702. The smallest absolute Gasteiger partial charge is 0.108 e. The number of allylic oxidation sites excluding steroid dienone is 2. The van der Waals surface area contributed by atoms with Gasteiger partial charge in [0.15, 0.2) is 0 Å². The van der Waals surface area contributed by atoms with E-state index in [-0.39, 0.29) is 6.17 Å². The number of anilines is 2. The Hall–Kier alpha value is -2.22. The van der Waals surface area contributed by atoms with E-state index in [0.29, 0.717) is 0 Å². The summed E-state index contributed by atoms with van der Waals surface area (Å²) < 4.78 is 9.00. The minimum atomic E-state index is -0.702. The topological polar surface area (TPSA) is 6.48 Å². The molecule has 0 fully saturated rings. The molecule has 0 radical (unpaired) electrons. The molecule has 2 aliphatic heterocycles. The van der Waals surface area contributed by atoms with Crippen LogP contribution in [0.15, 0.2) is 59.9 Å². The maximum absolute atomic E-state index is 9.00. The van der Waals surface area contributed by atoms with Gasteiger partial charge in [-0.1, -0.05) is 43.3 Å². The van der Waals surface area contributed by atoms with E-state index in [1.165, 1.54) is 22.6 Å². The zero-order valence-electron chi connectivity index (χ0n) is 14.6. The molecule has 0 bridgehead atoms. The van der Waals surface area contributed by atoms with E-state index < -0.39 is 5.89 Å². The summed E-state index contributed by atoms with van der Waals surface area (Å²) in [7, 11) is 0. The third-order valence-electron chi connectivity index (χ3n) is 4.99. The van der Waals surface area contributed by atoms with E-state index in [0.717, 1.165) is 11.3 Å². The first kappa shape index (κ1) is 12.3. The largest absolute Gasteiger partial charge is 0.322 e. The van der Waals surface area contributed by atoms with E-state index in [1.54, 1.807) is 0 Å². The second-order valence-corrected chi connectivity index (χ2v) is 6.23. The lowest BCUT2D eigenvalue weighted by Crippen LogP contribution is -2.37. The van der Waals surface area contributed by atoms with Crippen molar-refractivity contribution in [2.24, 2.45) is 0 Å². The van der Waals surface area contributed by atoms with Crippen molar-refractivity contribution in [1.82, 2.24) is 0 Å². The second kappa shape index (κ2) is 4.64. The first-order chi connectivity index (χ1) is 10.9. The fourth-order valence-corrected chi connectivity index (χ4v) is 3.99. The van der Waals surface area contributed by atoms with Gasteiger partial charge in [0.1, 0.15) is 6.17 Å². The van der Waals surface area contributed by atoms with Crippen LogP contribution in [0.4, 0.5) is 11.4 Å². The summed E-state index contributed by atoms with van der Waals surface area (Å²) >= 11 is 0. The van der Waals surface area contributed by atoms with Gasteiger partial charge in [0.05, 0.1) is 0 Å². The van der Waals surface area contributed by atoms with Crippen molar-refractivity contribution >= 4 is 11.4 Å². The minimum Gasteiger partial charge on any atom is -0.322 e. The highest BCUT2D eigenvalue weighted by atomic mass is 15.4. The Bertz CT molecular complexity index is 822. The van der Waals surface area contributed by atoms with Gasteiger partial charge in [0.25, 0.3) is 0 Å². The molecule has 0 saturated carbocycles. The monoisotopic (exact) mass is 291 g/mol. The molecular weight excluding hydrogens is 268 g/mol. The van der Waals surface area contributed by atoms with E-state index in [1.807, 2.05) is 13.0 Å². The standard InChI is InChI=1S/C20H22N2/c1-13-9-5-7-11-18(13)21-15(3)20-14(2)17-10-6-8-12-19(17)22(20)16(21)4/h5-12,14,16H,1-4H3/i14D. The van der Waals surface area contributed by atoms with Crippen molar-refractivity contribution in [2.75, 3.05) is 9.80 Å². The number of rotatable bonds is 1. The predicted octanol–water partition coefficient (Wildman–Crippen LogP) is 5.02. The Morgan fingerprint density at radius 3 is 2.23 bits per heavy atom. The molecule has 2 atom stereocenters. The van der Waals surface area contributed by atoms with Crippen LogP contribution in [-0.4, -0.2) is 6.17 Å². The Balaban J connectivity index is 1.93. The van der Waals surface area contributed by atoms with Crippen LogP contribution in [0.25, 0.3) is 0 Å². The lowest BCUT2D eigenvalue weighted by Gasteiger charge is -2.32. The molecule has 0 N–H and O–H groups in total. The fourth-order valence-electron chi connectivity index (χ4n) is 3.99. The lowest BCUT2D eigenvalue weighted by molar-refractivity contribution is 0.728. The summed E-state index contributed by atoms with van der Waals surface area (Å²) in [5.41, 5.74) is 7.05. The fraction of sp³-hybridized carbons (Fsp3) is 0.300. The Kier molecular flexibility index (Phi) is 2.60. The van der Waals surface area contributed by atoms with Gasteiger partial charge in [-0.05, 0) is 44.0 Å². The quantitative estimate of drug-likeness (QED) is 0.728. The number of fused-ring (bicyclic) bond motifs is 3. The molecule has 0 saturated heterocycles. The molecule has 0 spiro atoms. The molecule has 2 aliphatic rings. The zero-order valence-corrected chi connectivity index (χ0v) is 13.6. The summed E-state index contributed by atoms with van der Waals surface area (Å²) in [6, 6.07) is 16.8. The Labute approximate surface area is 134 Å². The highest BCUT2D eigenvalue weighted by molar-refractivity contribution is 5.76. The van der Waals surface area contributed by atoms with Crippen molar-refractivity contribution in [3.05, 3.63) is 71.1 Å². The number of para-hydroxylation sites is 2. The number of aryl methyl sites for hydroxylation is 1. The molecule has 2 unspecified atom stereocenters. The van der Waals surface area contributed by atoms with E-state index in [9.17, 15) is 0 Å².